The van der Waals surface area contributed by atoms with Crippen LogP contribution in [0.2, 0.25) is 0 Å². The molecular weight excluding hydrogens is 198 g/mol. The molecule has 0 aromatic carbocycles. The fraction of sp³-hybridized carbons (Fsp3) is 0.333. The van der Waals surface area contributed by atoms with Gasteiger partial charge in [-0.15, -0.1) is 0 Å². The smallest absolute Gasteiger partial charge is 0.0187 e. The van der Waals surface area contributed by atoms with Crippen molar-refractivity contribution < 1.29 is 0 Å². The summed E-state index contributed by atoms with van der Waals surface area (Å²) in [5.74, 6) is 0. The zero-order valence-electron chi connectivity index (χ0n) is 2.62. The Morgan fingerprint density at radius 3 is 2.40 bits per heavy atom. The molecule has 0 heterocycles. The molecule has 5 heavy (non-hydrogen) atoms. The van der Waals surface area contributed by atoms with E-state index in [1.54, 1.807) is 0 Å². The summed E-state index contributed by atoms with van der Waals surface area (Å²) in [6.45, 7) is 0. The summed E-state index contributed by atoms with van der Waals surface area (Å²) in [6.07, 6.45) is 1.88. The first-order valence-corrected chi connectivity index (χ1v) is 3.19. The zero-order chi connectivity index (χ0) is 4.12. The first-order chi connectivity index (χ1) is 2.41. The van der Waals surface area contributed by atoms with Crippen molar-refractivity contribution in [2.24, 2.45) is 0 Å². The van der Waals surface area contributed by atoms with Gasteiger partial charge in [0.05, 0.1) is 0 Å². The lowest BCUT2D eigenvalue weighted by Gasteiger charge is -1.61. The van der Waals surface area contributed by atoms with E-state index in [9.17, 15) is 0 Å². The van der Waals surface area contributed by atoms with E-state index in [0.717, 1.165) is 4.43 Å². The summed E-state index contributed by atoms with van der Waals surface area (Å²) in [4.78, 5) is 0. The molecule has 30 valence electrons. The van der Waals surface area contributed by atoms with Crippen molar-refractivity contribution in [2.45, 2.75) is 0 Å². The van der Waals surface area contributed by atoms with Crippen molar-refractivity contribution >= 4 is 34.2 Å². The lowest BCUT2D eigenvalue weighted by molar-refractivity contribution is 1.88. The second kappa shape index (κ2) is 4.76. The Bertz CT molecular complexity index is 33.9. The molecule has 0 amide bonds. The second-order valence-corrected chi connectivity index (χ2v) is 1.65. The van der Waals surface area contributed by atoms with Crippen LogP contribution in [0.4, 0.5) is 0 Å². The van der Waals surface area contributed by atoms with Gasteiger partial charge in [-0.3, -0.25) is 0 Å². The molecule has 0 saturated carbocycles. The summed E-state index contributed by atoms with van der Waals surface area (Å²) >= 11 is 7.33. The van der Waals surface area contributed by atoms with Gasteiger partial charge in [-0.2, -0.15) is 0 Å². The number of halogens is 2. The minimum absolute atomic E-state index is 1.00. The molecule has 0 bridgehead atoms. The molecule has 2 heteroatoms. The van der Waals surface area contributed by atoms with E-state index in [4.69, 9.17) is 11.6 Å². The van der Waals surface area contributed by atoms with Gasteiger partial charge in [0.2, 0.25) is 0 Å². The van der Waals surface area contributed by atoms with Gasteiger partial charge >= 0.3 is 0 Å². The Morgan fingerprint density at radius 2 is 2.40 bits per heavy atom. The summed E-state index contributed by atoms with van der Waals surface area (Å²) < 4.78 is 1.00. The van der Waals surface area contributed by atoms with Crippen molar-refractivity contribution in [1.82, 2.24) is 0 Å². The topological polar surface area (TPSA) is 0 Å². The van der Waals surface area contributed by atoms with E-state index >= 15 is 0 Å². The maximum Gasteiger partial charge on any atom is 0.0187 e. The zero-order valence-corrected chi connectivity index (χ0v) is 5.53. The fourth-order valence-electron chi connectivity index (χ4n) is 0.0337. The van der Waals surface area contributed by atoms with E-state index in [2.05, 4.69) is 22.6 Å². The van der Waals surface area contributed by atoms with Crippen LogP contribution in [0.15, 0.2) is 11.6 Å². The summed E-state index contributed by atoms with van der Waals surface area (Å²) in [6, 6.07) is 0. The highest BCUT2D eigenvalue weighted by atomic mass is 127. The van der Waals surface area contributed by atoms with Crippen LogP contribution in [-0.2, 0) is 0 Å². The van der Waals surface area contributed by atoms with Gasteiger partial charge in [-0.05, 0) is 0 Å². The normalized spacial score (nSPS) is 10.0. The third-order valence-corrected chi connectivity index (χ3v) is 0.865. The Labute approximate surface area is 50.3 Å². The number of alkyl halides is 1. The van der Waals surface area contributed by atoms with Crippen LogP contribution in [0, 0.1) is 0 Å². The highest BCUT2D eigenvalue weighted by molar-refractivity contribution is 14.1. The van der Waals surface area contributed by atoms with Gasteiger partial charge in [0, 0.05) is 9.96 Å². The van der Waals surface area contributed by atoms with Crippen LogP contribution in [0.5, 0.6) is 0 Å². The van der Waals surface area contributed by atoms with Crippen molar-refractivity contribution in [3.05, 3.63) is 11.6 Å². The first-order valence-electron chi connectivity index (χ1n) is 1.23. The summed E-state index contributed by atoms with van der Waals surface area (Å²) in [7, 11) is 0. The van der Waals surface area contributed by atoms with Crippen LogP contribution >= 0.6 is 34.2 Å². The van der Waals surface area contributed by atoms with Gasteiger partial charge in [-0.1, -0.05) is 40.3 Å². The van der Waals surface area contributed by atoms with Gasteiger partial charge in [-0.25, -0.2) is 0 Å². The fourth-order valence-corrected chi connectivity index (χ4v) is 0.678. The minimum Gasteiger partial charge on any atom is -0.0933 e. The Kier molecular flexibility index (Phi) is 5.48. The van der Waals surface area contributed by atoms with E-state index < -0.39 is 0 Å². The van der Waals surface area contributed by atoms with Crippen molar-refractivity contribution in [1.29, 1.82) is 0 Å². The Morgan fingerprint density at radius 1 is 1.80 bits per heavy atom. The molecule has 0 aliphatic heterocycles. The SMILES string of the molecule is Cl/C=C\CI. The second-order valence-electron chi connectivity index (χ2n) is 0.516. The largest absolute Gasteiger partial charge is 0.0933 e. The molecule has 0 unspecified atom stereocenters. The first kappa shape index (κ1) is 5.76. The molecular formula is C3H4ClI. The number of allylic oxidation sites excluding steroid dienone is 1. The molecule has 0 atom stereocenters. The number of hydrogen-bond acceptors (Lipinski definition) is 0. The minimum atomic E-state index is 1.00. The third-order valence-electron chi connectivity index (χ3n) is 0.178. The third kappa shape index (κ3) is 4.76. The van der Waals surface area contributed by atoms with Gasteiger partial charge in [0.15, 0.2) is 0 Å². The summed E-state index contributed by atoms with van der Waals surface area (Å²) in [5.41, 5.74) is 1.52. The lowest BCUT2D eigenvalue weighted by atomic mass is 10.8. The van der Waals surface area contributed by atoms with Crippen molar-refractivity contribution in [3.63, 3.8) is 0 Å². The lowest BCUT2D eigenvalue weighted by Crippen LogP contribution is -1.47. The molecule has 0 spiro atoms. The standard InChI is InChI=1S/C3H4ClI/c4-2-1-3-5/h1-2H,3H2/b2-1-. The van der Waals surface area contributed by atoms with Crippen LogP contribution in [0.25, 0.3) is 0 Å². The van der Waals surface area contributed by atoms with Crippen molar-refractivity contribution in [2.75, 3.05) is 4.43 Å². The molecule has 0 radical (unpaired) electrons. The molecule has 0 fully saturated rings. The number of hydrogen-bond donors (Lipinski definition) is 0. The van der Waals surface area contributed by atoms with E-state index in [1.165, 1.54) is 5.54 Å². The predicted molar refractivity (Wildman–Crippen MR) is 33.9 cm³/mol. The van der Waals surface area contributed by atoms with Crippen LogP contribution < -0.4 is 0 Å². The van der Waals surface area contributed by atoms with Crippen LogP contribution in [-0.4, -0.2) is 4.43 Å². The maximum absolute atomic E-state index is 5.12. The van der Waals surface area contributed by atoms with Crippen molar-refractivity contribution in [3.8, 4) is 0 Å². The van der Waals surface area contributed by atoms with E-state index in [0.29, 0.717) is 0 Å². The molecule has 0 N–H and O–H groups in total. The van der Waals surface area contributed by atoms with Gasteiger partial charge < -0.3 is 0 Å². The van der Waals surface area contributed by atoms with Gasteiger partial charge in [0.1, 0.15) is 0 Å². The van der Waals surface area contributed by atoms with E-state index in [-0.39, 0.29) is 0 Å². The molecule has 0 saturated heterocycles. The van der Waals surface area contributed by atoms with E-state index in [1.807, 2.05) is 6.08 Å². The van der Waals surface area contributed by atoms with Crippen LogP contribution in [0.3, 0.4) is 0 Å². The molecule has 0 aliphatic carbocycles. The highest BCUT2D eigenvalue weighted by Gasteiger charge is 1.55. The van der Waals surface area contributed by atoms with Gasteiger partial charge in [0.25, 0.3) is 0 Å². The summed E-state index contributed by atoms with van der Waals surface area (Å²) in [5, 5.41) is 0. The Balaban J connectivity index is 2.62. The average molecular weight is 202 g/mol. The monoisotopic (exact) mass is 202 g/mol. The molecule has 0 nitrogen and oxygen atoms in total. The molecule has 0 aromatic rings. The maximum atomic E-state index is 5.12. The number of rotatable bonds is 1. The molecule has 0 rings (SSSR count). The quantitative estimate of drug-likeness (QED) is 0.452. The average Bonchev–Trinajstić information content (AvgIpc) is 1.41. The highest BCUT2D eigenvalue weighted by Crippen LogP contribution is 1.83. The molecule has 0 aliphatic rings. The molecule has 0 aromatic heterocycles. The predicted octanol–water partition coefficient (Wildman–Crippen LogP) is 2.17. The Hall–Kier alpha value is 0.760. The van der Waals surface area contributed by atoms with Crippen LogP contribution in [0.1, 0.15) is 0 Å².